The van der Waals surface area contributed by atoms with Gasteiger partial charge in [0.25, 0.3) is 0 Å². The summed E-state index contributed by atoms with van der Waals surface area (Å²) >= 11 is 1.40. The Balaban J connectivity index is 2.89. The molecule has 0 amide bonds. The number of oxime groups is 1. The standard InChI is InChI=1S/C5H8N4OS/c1-7-5-8-3(2-11-5)4(6)9-10/h2,10H,1H3,(H2,6,9)(H,7,8). The molecule has 0 saturated heterocycles. The van der Waals surface area contributed by atoms with Crippen LogP contribution in [0.4, 0.5) is 5.13 Å². The fraction of sp³-hybridized carbons (Fsp3) is 0.200. The number of hydrogen-bond donors (Lipinski definition) is 3. The van der Waals surface area contributed by atoms with Crippen molar-refractivity contribution in [3.8, 4) is 0 Å². The second-order valence-corrected chi connectivity index (χ2v) is 2.63. The van der Waals surface area contributed by atoms with E-state index < -0.39 is 0 Å². The molecule has 0 saturated carbocycles. The molecule has 6 heteroatoms. The molecular formula is C5H8N4OS. The number of thiazole rings is 1. The summed E-state index contributed by atoms with van der Waals surface area (Å²) in [6.07, 6.45) is 0. The fourth-order valence-corrected chi connectivity index (χ4v) is 1.22. The van der Waals surface area contributed by atoms with Gasteiger partial charge in [-0.15, -0.1) is 11.3 Å². The number of hydrogen-bond acceptors (Lipinski definition) is 5. The van der Waals surface area contributed by atoms with E-state index in [2.05, 4.69) is 15.5 Å². The number of nitrogens with two attached hydrogens (primary N) is 1. The van der Waals surface area contributed by atoms with E-state index in [1.54, 1.807) is 12.4 Å². The van der Waals surface area contributed by atoms with Gasteiger partial charge in [0.1, 0.15) is 5.69 Å². The predicted octanol–water partition coefficient (Wildman–Crippen LogP) is 0.279. The monoisotopic (exact) mass is 172 g/mol. The summed E-state index contributed by atoms with van der Waals surface area (Å²) in [4.78, 5) is 3.99. The minimum absolute atomic E-state index is 0.0303. The third-order valence-corrected chi connectivity index (χ3v) is 1.95. The summed E-state index contributed by atoms with van der Waals surface area (Å²) in [7, 11) is 1.76. The molecule has 5 nitrogen and oxygen atoms in total. The second kappa shape index (κ2) is 3.20. The van der Waals surface area contributed by atoms with Gasteiger partial charge >= 0.3 is 0 Å². The fourth-order valence-electron chi connectivity index (χ4n) is 0.557. The van der Waals surface area contributed by atoms with E-state index in [4.69, 9.17) is 10.9 Å². The molecule has 0 fully saturated rings. The van der Waals surface area contributed by atoms with E-state index in [1.807, 2.05) is 0 Å². The van der Waals surface area contributed by atoms with Crippen LogP contribution in [0, 0.1) is 0 Å². The van der Waals surface area contributed by atoms with Gasteiger partial charge in [-0.25, -0.2) is 4.98 Å². The quantitative estimate of drug-likeness (QED) is 0.259. The van der Waals surface area contributed by atoms with Gasteiger partial charge in [0, 0.05) is 12.4 Å². The normalized spacial score (nSPS) is 11.5. The van der Waals surface area contributed by atoms with E-state index in [0.29, 0.717) is 5.69 Å². The van der Waals surface area contributed by atoms with Crippen molar-refractivity contribution in [1.29, 1.82) is 0 Å². The summed E-state index contributed by atoms with van der Waals surface area (Å²) < 4.78 is 0. The molecule has 4 N–H and O–H groups in total. The molecule has 1 rings (SSSR count). The average molecular weight is 172 g/mol. The molecular weight excluding hydrogens is 164 g/mol. The molecule has 0 aromatic carbocycles. The topological polar surface area (TPSA) is 83.5 Å². The zero-order chi connectivity index (χ0) is 8.27. The predicted molar refractivity (Wildman–Crippen MR) is 44.2 cm³/mol. The summed E-state index contributed by atoms with van der Waals surface area (Å²) in [5.74, 6) is 0.0303. The largest absolute Gasteiger partial charge is 0.409 e. The van der Waals surface area contributed by atoms with E-state index in [1.165, 1.54) is 11.3 Å². The Kier molecular flexibility index (Phi) is 2.27. The van der Waals surface area contributed by atoms with Gasteiger partial charge in [0.15, 0.2) is 11.0 Å². The smallest absolute Gasteiger partial charge is 0.189 e. The number of nitrogens with one attached hydrogen (secondary N) is 1. The Labute approximate surface area is 67.6 Å². The Morgan fingerprint density at radius 2 is 2.64 bits per heavy atom. The highest BCUT2D eigenvalue weighted by Crippen LogP contribution is 2.13. The summed E-state index contributed by atoms with van der Waals surface area (Å²) in [6.45, 7) is 0. The lowest BCUT2D eigenvalue weighted by Gasteiger charge is -1.89. The maximum Gasteiger partial charge on any atom is 0.189 e. The molecule has 0 radical (unpaired) electrons. The van der Waals surface area contributed by atoms with E-state index in [-0.39, 0.29) is 5.84 Å². The van der Waals surface area contributed by atoms with Gasteiger partial charge in [-0.3, -0.25) is 0 Å². The Hall–Kier alpha value is -1.30. The van der Waals surface area contributed by atoms with Crippen LogP contribution in [0.25, 0.3) is 0 Å². The number of amidine groups is 1. The molecule has 0 aliphatic carbocycles. The Bertz CT molecular complexity index is 269. The van der Waals surface area contributed by atoms with Crippen LogP contribution < -0.4 is 11.1 Å². The van der Waals surface area contributed by atoms with Gasteiger partial charge in [-0.2, -0.15) is 0 Å². The van der Waals surface area contributed by atoms with Crippen molar-refractivity contribution >= 4 is 22.3 Å². The van der Waals surface area contributed by atoms with Gasteiger partial charge in [-0.1, -0.05) is 5.16 Å². The first-order valence-electron chi connectivity index (χ1n) is 2.89. The molecule has 1 aromatic heterocycles. The Morgan fingerprint density at radius 1 is 1.91 bits per heavy atom. The summed E-state index contributed by atoms with van der Waals surface area (Å²) in [6, 6.07) is 0. The van der Waals surface area contributed by atoms with Crippen LogP contribution in [0.3, 0.4) is 0 Å². The van der Waals surface area contributed by atoms with Gasteiger partial charge in [0.2, 0.25) is 0 Å². The lowest BCUT2D eigenvalue weighted by molar-refractivity contribution is 0.318. The maximum absolute atomic E-state index is 8.28. The van der Waals surface area contributed by atoms with Crippen molar-refractivity contribution in [3.63, 3.8) is 0 Å². The first-order valence-corrected chi connectivity index (χ1v) is 3.77. The molecule has 0 bridgehead atoms. The zero-order valence-electron chi connectivity index (χ0n) is 5.90. The maximum atomic E-state index is 8.28. The Morgan fingerprint density at radius 3 is 3.09 bits per heavy atom. The first kappa shape index (κ1) is 7.80. The molecule has 1 aromatic rings. The van der Waals surface area contributed by atoms with Crippen LogP contribution in [0.5, 0.6) is 0 Å². The van der Waals surface area contributed by atoms with Crippen LogP contribution >= 0.6 is 11.3 Å². The van der Waals surface area contributed by atoms with E-state index >= 15 is 0 Å². The van der Waals surface area contributed by atoms with Crippen molar-refractivity contribution < 1.29 is 5.21 Å². The molecule has 11 heavy (non-hydrogen) atoms. The molecule has 60 valence electrons. The van der Waals surface area contributed by atoms with Crippen LogP contribution in [0.2, 0.25) is 0 Å². The average Bonchev–Trinajstić information content (AvgIpc) is 2.50. The van der Waals surface area contributed by atoms with Crippen molar-refractivity contribution in [2.24, 2.45) is 10.9 Å². The van der Waals surface area contributed by atoms with Gasteiger partial charge < -0.3 is 16.3 Å². The van der Waals surface area contributed by atoms with Crippen LogP contribution in [-0.4, -0.2) is 23.1 Å². The minimum atomic E-state index is 0.0303. The van der Waals surface area contributed by atoms with Crippen molar-refractivity contribution in [3.05, 3.63) is 11.1 Å². The first-order chi connectivity index (χ1) is 5.27. The minimum Gasteiger partial charge on any atom is -0.409 e. The molecule has 0 atom stereocenters. The number of nitrogens with zero attached hydrogens (tertiary/aromatic N) is 2. The van der Waals surface area contributed by atoms with Crippen molar-refractivity contribution in [2.75, 3.05) is 12.4 Å². The molecule has 0 unspecified atom stereocenters. The lowest BCUT2D eigenvalue weighted by atomic mass is 10.5. The third-order valence-electron chi connectivity index (χ3n) is 1.09. The van der Waals surface area contributed by atoms with E-state index in [9.17, 15) is 0 Å². The SMILES string of the molecule is CNc1nc(/C(N)=N\O)cs1. The highest BCUT2D eigenvalue weighted by Gasteiger charge is 2.03. The summed E-state index contributed by atoms with van der Waals surface area (Å²) in [5.41, 5.74) is 5.77. The van der Waals surface area contributed by atoms with Gasteiger partial charge in [0.05, 0.1) is 0 Å². The highest BCUT2D eigenvalue weighted by atomic mass is 32.1. The second-order valence-electron chi connectivity index (χ2n) is 1.77. The molecule has 0 spiro atoms. The molecule has 1 heterocycles. The number of rotatable bonds is 2. The summed E-state index contributed by atoms with van der Waals surface area (Å²) in [5, 5.41) is 16.4. The number of anilines is 1. The van der Waals surface area contributed by atoms with Gasteiger partial charge in [-0.05, 0) is 0 Å². The van der Waals surface area contributed by atoms with Crippen LogP contribution in [0.15, 0.2) is 10.5 Å². The van der Waals surface area contributed by atoms with Crippen molar-refractivity contribution in [1.82, 2.24) is 4.98 Å². The lowest BCUT2D eigenvalue weighted by Crippen LogP contribution is -2.13. The van der Waals surface area contributed by atoms with Crippen LogP contribution in [-0.2, 0) is 0 Å². The van der Waals surface area contributed by atoms with E-state index in [0.717, 1.165) is 5.13 Å². The number of aromatic nitrogens is 1. The molecule has 0 aliphatic rings. The van der Waals surface area contributed by atoms with Crippen LogP contribution in [0.1, 0.15) is 5.69 Å². The molecule has 0 aliphatic heterocycles. The van der Waals surface area contributed by atoms with Crippen molar-refractivity contribution in [2.45, 2.75) is 0 Å². The highest BCUT2D eigenvalue weighted by molar-refractivity contribution is 7.13. The zero-order valence-corrected chi connectivity index (χ0v) is 6.72. The third kappa shape index (κ3) is 1.58.